The normalized spacial score (nSPS) is 38.4. The highest BCUT2D eigenvalue weighted by Crippen LogP contribution is 2.63. The molecule has 0 radical (unpaired) electrons. The fourth-order valence-corrected chi connectivity index (χ4v) is 5.81. The van der Waals surface area contributed by atoms with Crippen molar-refractivity contribution < 1.29 is 9.90 Å². The van der Waals surface area contributed by atoms with Crippen LogP contribution in [0.5, 0.6) is 0 Å². The maximum atomic E-state index is 11.3. The van der Waals surface area contributed by atoms with Gasteiger partial charge >= 0.3 is 0 Å². The molecule has 0 aromatic heterocycles. The first-order valence-corrected chi connectivity index (χ1v) is 8.42. The second kappa shape index (κ2) is 5.08. The lowest BCUT2D eigenvalue weighted by atomic mass is 9.46. The van der Waals surface area contributed by atoms with Crippen molar-refractivity contribution in [2.75, 3.05) is 6.61 Å². The zero-order valence-electron chi connectivity index (χ0n) is 13.6. The van der Waals surface area contributed by atoms with Crippen molar-refractivity contribution in [3.05, 3.63) is 22.8 Å². The summed E-state index contributed by atoms with van der Waals surface area (Å²) in [5.74, 6) is 1.29. The monoisotopic (exact) mass is 288 g/mol. The minimum Gasteiger partial charge on any atom is -0.392 e. The average molecular weight is 288 g/mol. The van der Waals surface area contributed by atoms with E-state index in [-0.39, 0.29) is 6.61 Å². The summed E-state index contributed by atoms with van der Waals surface area (Å²) in [6.45, 7) is 7.36. The van der Waals surface area contributed by atoms with Crippen molar-refractivity contribution >= 4 is 6.29 Å². The molecule has 0 amide bonds. The zero-order chi connectivity index (χ0) is 15.3. The Morgan fingerprint density at radius 2 is 2.10 bits per heavy atom. The number of aliphatic hydroxyl groups is 1. The fourth-order valence-electron chi connectivity index (χ4n) is 5.81. The highest BCUT2D eigenvalue weighted by molar-refractivity contribution is 5.81. The Hall–Kier alpha value is -0.890. The Morgan fingerprint density at radius 3 is 2.76 bits per heavy atom. The first kappa shape index (κ1) is 15.0. The predicted molar refractivity (Wildman–Crippen MR) is 84.8 cm³/mol. The summed E-state index contributed by atoms with van der Waals surface area (Å²) >= 11 is 0. The molecule has 3 aliphatic rings. The van der Waals surface area contributed by atoms with Crippen LogP contribution in [-0.2, 0) is 4.79 Å². The number of carbonyl (C=O) groups is 1. The number of hydrogen-bond acceptors (Lipinski definition) is 2. The van der Waals surface area contributed by atoms with Gasteiger partial charge in [0.05, 0.1) is 6.61 Å². The van der Waals surface area contributed by atoms with Gasteiger partial charge in [0.1, 0.15) is 6.29 Å². The molecule has 3 aliphatic carbocycles. The van der Waals surface area contributed by atoms with Gasteiger partial charge in [-0.25, -0.2) is 0 Å². The summed E-state index contributed by atoms with van der Waals surface area (Å²) in [4.78, 5) is 11.3. The molecule has 2 saturated carbocycles. The molecule has 21 heavy (non-hydrogen) atoms. The molecule has 0 saturated heterocycles. The fraction of sp³-hybridized carbons (Fsp3) is 0.737. The van der Waals surface area contributed by atoms with E-state index in [0.29, 0.717) is 16.7 Å². The van der Waals surface area contributed by atoms with E-state index in [0.717, 1.165) is 36.2 Å². The SMILES string of the molecule is CC1(C)CCCC2(C)C3CC=C(C=O)C(CO)=C3CCC12. The molecule has 0 aromatic carbocycles. The summed E-state index contributed by atoms with van der Waals surface area (Å²) in [7, 11) is 0. The van der Waals surface area contributed by atoms with Crippen molar-refractivity contribution in [3.8, 4) is 0 Å². The number of aliphatic hydroxyl groups excluding tert-OH is 1. The lowest BCUT2D eigenvalue weighted by Gasteiger charge is -2.59. The van der Waals surface area contributed by atoms with Crippen LogP contribution in [0.15, 0.2) is 22.8 Å². The van der Waals surface area contributed by atoms with Crippen LogP contribution in [0, 0.1) is 22.7 Å². The van der Waals surface area contributed by atoms with Gasteiger partial charge in [-0.1, -0.05) is 38.8 Å². The van der Waals surface area contributed by atoms with Gasteiger partial charge in [-0.05, 0) is 60.3 Å². The Bertz CT molecular complexity index is 512. The number of aldehydes is 1. The standard InChI is InChI=1S/C19H28O2/c1-18(2)9-4-10-19(3)16-7-5-13(11-20)15(12-21)14(16)6-8-17(18)19/h5,11,16-17,21H,4,6-10,12H2,1-3H3. The zero-order valence-corrected chi connectivity index (χ0v) is 13.6. The van der Waals surface area contributed by atoms with Crippen LogP contribution in [0.4, 0.5) is 0 Å². The summed E-state index contributed by atoms with van der Waals surface area (Å²) in [5, 5.41) is 9.76. The van der Waals surface area contributed by atoms with E-state index >= 15 is 0 Å². The number of allylic oxidation sites excluding steroid dienone is 2. The molecule has 0 aromatic rings. The molecule has 0 spiro atoms. The van der Waals surface area contributed by atoms with E-state index in [2.05, 4.69) is 26.8 Å². The van der Waals surface area contributed by atoms with Gasteiger partial charge in [0.2, 0.25) is 0 Å². The quantitative estimate of drug-likeness (QED) is 0.778. The van der Waals surface area contributed by atoms with Gasteiger partial charge in [0.25, 0.3) is 0 Å². The third kappa shape index (κ3) is 2.14. The van der Waals surface area contributed by atoms with E-state index < -0.39 is 0 Å². The van der Waals surface area contributed by atoms with Crippen molar-refractivity contribution in [1.29, 1.82) is 0 Å². The maximum Gasteiger partial charge on any atom is 0.150 e. The van der Waals surface area contributed by atoms with E-state index in [1.165, 1.54) is 31.3 Å². The van der Waals surface area contributed by atoms with E-state index in [1.54, 1.807) is 0 Å². The molecule has 0 aliphatic heterocycles. The third-order valence-corrected chi connectivity index (χ3v) is 6.79. The maximum absolute atomic E-state index is 11.3. The molecule has 2 heteroatoms. The molecule has 2 fully saturated rings. The van der Waals surface area contributed by atoms with Crippen LogP contribution < -0.4 is 0 Å². The topological polar surface area (TPSA) is 37.3 Å². The highest BCUT2D eigenvalue weighted by Gasteiger charge is 2.53. The van der Waals surface area contributed by atoms with Crippen molar-refractivity contribution in [2.45, 2.75) is 59.3 Å². The first-order valence-electron chi connectivity index (χ1n) is 8.42. The molecule has 116 valence electrons. The molecular weight excluding hydrogens is 260 g/mol. The number of carbonyl (C=O) groups excluding carboxylic acids is 1. The van der Waals surface area contributed by atoms with Crippen LogP contribution in [0.1, 0.15) is 59.3 Å². The average Bonchev–Trinajstić information content (AvgIpc) is 2.45. The lowest BCUT2D eigenvalue weighted by Crippen LogP contribution is -2.50. The molecule has 2 nitrogen and oxygen atoms in total. The van der Waals surface area contributed by atoms with Crippen LogP contribution in [0.2, 0.25) is 0 Å². The van der Waals surface area contributed by atoms with E-state index in [4.69, 9.17) is 0 Å². The molecule has 0 heterocycles. The van der Waals surface area contributed by atoms with Crippen LogP contribution in [0.3, 0.4) is 0 Å². The Kier molecular flexibility index (Phi) is 3.64. The van der Waals surface area contributed by atoms with Gasteiger partial charge in [-0.2, -0.15) is 0 Å². The number of fused-ring (bicyclic) bond motifs is 3. The summed E-state index contributed by atoms with van der Waals surface area (Å²) in [5.41, 5.74) is 3.82. The predicted octanol–water partition coefficient (Wildman–Crippen LogP) is 4.05. The summed E-state index contributed by atoms with van der Waals surface area (Å²) in [6, 6.07) is 0. The second-order valence-electron chi connectivity index (χ2n) is 8.17. The minimum atomic E-state index is 0.0144. The third-order valence-electron chi connectivity index (χ3n) is 6.79. The summed E-state index contributed by atoms with van der Waals surface area (Å²) < 4.78 is 0. The number of rotatable bonds is 2. The van der Waals surface area contributed by atoms with Crippen LogP contribution in [-0.4, -0.2) is 18.0 Å². The van der Waals surface area contributed by atoms with Crippen molar-refractivity contribution in [3.63, 3.8) is 0 Å². The molecular formula is C19H28O2. The first-order chi connectivity index (χ1) is 9.94. The second-order valence-corrected chi connectivity index (χ2v) is 8.17. The lowest BCUT2D eigenvalue weighted by molar-refractivity contribution is -0.104. The van der Waals surface area contributed by atoms with Gasteiger partial charge in [-0.15, -0.1) is 0 Å². The Balaban J connectivity index is 2.03. The largest absolute Gasteiger partial charge is 0.392 e. The Labute approximate surface area is 128 Å². The molecule has 3 unspecified atom stereocenters. The molecule has 3 atom stereocenters. The van der Waals surface area contributed by atoms with Crippen molar-refractivity contribution in [1.82, 2.24) is 0 Å². The van der Waals surface area contributed by atoms with Crippen LogP contribution >= 0.6 is 0 Å². The van der Waals surface area contributed by atoms with E-state index in [1.807, 2.05) is 0 Å². The molecule has 3 rings (SSSR count). The Morgan fingerprint density at radius 1 is 1.33 bits per heavy atom. The number of hydrogen-bond donors (Lipinski definition) is 1. The van der Waals surface area contributed by atoms with Gasteiger partial charge in [-0.3, -0.25) is 4.79 Å². The van der Waals surface area contributed by atoms with Gasteiger partial charge < -0.3 is 5.11 Å². The highest BCUT2D eigenvalue weighted by atomic mass is 16.3. The molecule has 0 bridgehead atoms. The minimum absolute atomic E-state index is 0.0144. The van der Waals surface area contributed by atoms with Crippen LogP contribution in [0.25, 0.3) is 0 Å². The van der Waals surface area contributed by atoms with Gasteiger partial charge in [0, 0.05) is 5.57 Å². The molecule has 1 N–H and O–H groups in total. The summed E-state index contributed by atoms with van der Waals surface area (Å²) in [6.07, 6.45) is 10.2. The van der Waals surface area contributed by atoms with Crippen molar-refractivity contribution in [2.24, 2.45) is 22.7 Å². The van der Waals surface area contributed by atoms with E-state index in [9.17, 15) is 9.90 Å². The smallest absolute Gasteiger partial charge is 0.150 e. The van der Waals surface area contributed by atoms with Gasteiger partial charge in [0.15, 0.2) is 0 Å².